The molecular weight excluding hydrogens is 195 g/mol. The summed E-state index contributed by atoms with van der Waals surface area (Å²) in [5, 5.41) is 0. The predicted octanol–water partition coefficient (Wildman–Crippen LogP) is -0.745. The smallest absolute Gasteiger partial charge is 0.322 e. The van der Waals surface area contributed by atoms with Crippen molar-refractivity contribution in [2.45, 2.75) is 0 Å². The summed E-state index contributed by atoms with van der Waals surface area (Å²) in [4.78, 5) is 28.2. The number of nitrogens with two attached hydrogens (primary N) is 2. The van der Waals surface area contributed by atoms with Crippen molar-refractivity contribution in [1.29, 1.82) is 0 Å². The Morgan fingerprint density at radius 2 is 1.15 bits per heavy atom. The maximum Gasteiger partial charge on any atom is 0.332 e. The van der Waals surface area contributed by atoms with Crippen LogP contribution in [0.5, 0.6) is 0 Å². The summed E-state index contributed by atoms with van der Waals surface area (Å²) in [6, 6.07) is 0. The van der Waals surface area contributed by atoms with Gasteiger partial charge in [0.2, 0.25) is 0 Å². The highest BCUT2D eigenvalue weighted by Crippen LogP contribution is 2.13. The molecule has 6 nitrogen and oxygen atoms in total. The molecule has 0 fully saturated rings. The van der Waals surface area contributed by atoms with Gasteiger partial charge in [-0.1, -0.05) is 0 Å². The van der Waals surface area contributed by atoms with Crippen LogP contribution in [0.25, 0.3) is 0 Å². The lowest BCUT2D eigenvalue weighted by molar-refractivity contribution is -0.113. The van der Waals surface area contributed by atoms with E-state index in [0.717, 1.165) is 0 Å². The monoisotopic (exact) mass is 204 g/mol. The van der Waals surface area contributed by atoms with E-state index < -0.39 is 7.67 Å². The molecular formula is C6H9N2O4P. The molecule has 0 unspecified atom stereocenters. The Hall–Kier alpha value is -1.07. The fourth-order valence-corrected chi connectivity index (χ4v) is 0.440. The molecule has 0 aromatic rings. The average molecular weight is 204 g/mol. The van der Waals surface area contributed by atoms with E-state index in [-0.39, 0.29) is 11.6 Å². The lowest BCUT2D eigenvalue weighted by Crippen LogP contribution is -2.01. The van der Waals surface area contributed by atoms with Crippen LogP contribution >= 0.6 is 7.67 Å². The molecule has 7 heteroatoms. The maximum atomic E-state index is 10.3. The molecule has 72 valence electrons. The zero-order valence-electron chi connectivity index (χ0n) is 6.58. The highest BCUT2D eigenvalue weighted by atomic mass is 31.2. The zero-order chi connectivity index (χ0) is 10.5. The van der Waals surface area contributed by atoms with Gasteiger partial charge in [0.05, 0.1) is 0 Å². The summed E-state index contributed by atoms with van der Waals surface area (Å²) < 4.78 is 9.33. The van der Waals surface area contributed by atoms with Crippen LogP contribution in [0.4, 0.5) is 0 Å². The van der Waals surface area contributed by atoms with E-state index in [0.29, 0.717) is 0 Å². The largest absolute Gasteiger partial charge is 0.332 e. The number of carbonyl (C=O) groups excluding carboxylic acids is 2. The van der Waals surface area contributed by atoms with Crippen LogP contribution in [-0.2, 0) is 14.2 Å². The van der Waals surface area contributed by atoms with E-state index in [4.69, 9.17) is 4.89 Å². The molecule has 0 bridgehead atoms. The maximum absolute atomic E-state index is 10.3. The summed E-state index contributed by atoms with van der Waals surface area (Å²) >= 11 is 0. The second-order valence-corrected chi connectivity index (χ2v) is 3.49. The Morgan fingerprint density at radius 1 is 1.00 bits per heavy atom. The molecule has 0 atom stereocenters. The summed E-state index contributed by atoms with van der Waals surface area (Å²) in [6.45, 7) is 0. The second-order valence-electron chi connectivity index (χ2n) is 2.14. The van der Waals surface area contributed by atoms with Gasteiger partial charge in [-0.15, -0.1) is 0 Å². The van der Waals surface area contributed by atoms with E-state index >= 15 is 0 Å². The van der Waals surface area contributed by atoms with Gasteiger partial charge in [0.15, 0.2) is 11.6 Å². The van der Waals surface area contributed by atoms with Crippen molar-refractivity contribution in [3.63, 3.8) is 0 Å². The molecule has 0 aromatic carbocycles. The van der Waals surface area contributed by atoms with Gasteiger partial charge in [-0.3, -0.25) is 14.2 Å². The van der Waals surface area contributed by atoms with Crippen molar-refractivity contribution in [1.82, 2.24) is 0 Å². The Morgan fingerprint density at radius 3 is 1.31 bits per heavy atom. The Labute approximate surface area is 74.5 Å². The van der Waals surface area contributed by atoms with Gasteiger partial charge in [-0.05, 0) is 24.3 Å². The highest BCUT2D eigenvalue weighted by Gasteiger charge is 1.97. The number of ketones is 2. The third-order valence-electron chi connectivity index (χ3n) is 0.824. The third kappa shape index (κ3) is 10.9. The lowest BCUT2D eigenvalue weighted by Gasteiger charge is -1.87. The standard InChI is InChI=1S/C6H4O2.H5N2O2P/c7-5-1-2-6(8)4-3-5;1-5(2,3)4/h1-4H;(H5,1,2,3,4). The van der Waals surface area contributed by atoms with Crippen LogP contribution in [0.3, 0.4) is 0 Å². The van der Waals surface area contributed by atoms with Crippen LogP contribution in [-0.4, -0.2) is 16.5 Å². The van der Waals surface area contributed by atoms with E-state index in [1.807, 2.05) is 0 Å². The van der Waals surface area contributed by atoms with Gasteiger partial charge in [0.25, 0.3) is 0 Å². The first kappa shape index (κ1) is 11.9. The van der Waals surface area contributed by atoms with Gasteiger partial charge in [0.1, 0.15) is 0 Å². The molecule has 0 heterocycles. The van der Waals surface area contributed by atoms with Crippen molar-refractivity contribution in [3.8, 4) is 0 Å². The van der Waals surface area contributed by atoms with Crippen molar-refractivity contribution in [3.05, 3.63) is 24.3 Å². The summed E-state index contributed by atoms with van der Waals surface area (Å²) in [7, 11) is -3.64. The third-order valence-corrected chi connectivity index (χ3v) is 0.824. The van der Waals surface area contributed by atoms with Crippen LogP contribution < -0.4 is 11.0 Å². The Kier molecular flexibility index (Phi) is 4.44. The summed E-state index contributed by atoms with van der Waals surface area (Å²) in [6.07, 6.45) is 5.01. The molecule has 1 aliphatic rings. The van der Waals surface area contributed by atoms with Crippen LogP contribution in [0.1, 0.15) is 0 Å². The lowest BCUT2D eigenvalue weighted by atomic mass is 10.2. The zero-order valence-corrected chi connectivity index (χ0v) is 7.48. The second kappa shape index (κ2) is 4.84. The number of hydrogen-bond acceptors (Lipinski definition) is 3. The van der Waals surface area contributed by atoms with Gasteiger partial charge < -0.3 is 4.89 Å². The fourth-order valence-electron chi connectivity index (χ4n) is 0.440. The quantitative estimate of drug-likeness (QED) is 0.352. The van der Waals surface area contributed by atoms with Crippen molar-refractivity contribution in [2.75, 3.05) is 0 Å². The molecule has 5 N–H and O–H groups in total. The van der Waals surface area contributed by atoms with E-state index in [1.165, 1.54) is 24.3 Å². The molecule has 0 spiro atoms. The van der Waals surface area contributed by atoms with Crippen LogP contribution in [0.2, 0.25) is 0 Å². The highest BCUT2D eigenvalue weighted by molar-refractivity contribution is 7.52. The summed E-state index contributed by atoms with van der Waals surface area (Å²) in [5.41, 5.74) is 8.49. The molecule has 0 radical (unpaired) electrons. The minimum atomic E-state index is -3.64. The predicted molar refractivity (Wildman–Crippen MR) is 46.5 cm³/mol. The first-order valence-electron chi connectivity index (χ1n) is 3.13. The normalized spacial score (nSPS) is 15.3. The van der Waals surface area contributed by atoms with Gasteiger partial charge >= 0.3 is 7.67 Å². The average Bonchev–Trinajstić information content (AvgIpc) is 1.92. The SMILES string of the molecule is NP(N)(=O)O.O=C1C=CC(=O)C=C1. The van der Waals surface area contributed by atoms with Crippen molar-refractivity contribution in [2.24, 2.45) is 11.0 Å². The Balaban J connectivity index is 0.000000252. The molecule has 13 heavy (non-hydrogen) atoms. The first-order chi connectivity index (χ1) is 5.79. The van der Waals surface area contributed by atoms with E-state index in [9.17, 15) is 14.2 Å². The number of allylic oxidation sites excluding steroid dienone is 4. The minimum absolute atomic E-state index is 0.121. The Bertz CT molecular complexity index is 268. The molecule has 0 aliphatic heterocycles. The van der Waals surface area contributed by atoms with Crippen molar-refractivity contribution < 1.29 is 19.0 Å². The molecule has 0 saturated heterocycles. The molecule has 1 aliphatic carbocycles. The van der Waals surface area contributed by atoms with Gasteiger partial charge in [-0.2, -0.15) is 0 Å². The number of hydrogen-bond donors (Lipinski definition) is 3. The first-order valence-corrected chi connectivity index (χ1v) is 4.93. The van der Waals surface area contributed by atoms with Crippen LogP contribution in [0.15, 0.2) is 24.3 Å². The minimum Gasteiger partial charge on any atom is -0.322 e. The summed E-state index contributed by atoms with van der Waals surface area (Å²) in [5.74, 6) is -0.241. The fraction of sp³-hybridized carbons (Fsp3) is 0. The molecule has 0 aromatic heterocycles. The molecule has 1 rings (SSSR count). The van der Waals surface area contributed by atoms with Crippen LogP contribution in [0, 0.1) is 0 Å². The van der Waals surface area contributed by atoms with Gasteiger partial charge in [-0.25, -0.2) is 11.0 Å². The molecule has 0 saturated carbocycles. The van der Waals surface area contributed by atoms with E-state index in [1.54, 1.807) is 0 Å². The van der Waals surface area contributed by atoms with Gasteiger partial charge in [0, 0.05) is 0 Å². The van der Waals surface area contributed by atoms with Crippen molar-refractivity contribution >= 4 is 19.2 Å². The molecule has 0 amide bonds. The topological polar surface area (TPSA) is 123 Å². The number of rotatable bonds is 0. The van der Waals surface area contributed by atoms with E-state index in [2.05, 4.69) is 11.0 Å². The number of carbonyl (C=O) groups is 2.